The summed E-state index contributed by atoms with van der Waals surface area (Å²) in [4.78, 5) is 20.6. The van der Waals surface area contributed by atoms with E-state index in [0.29, 0.717) is 38.9 Å². The van der Waals surface area contributed by atoms with E-state index in [2.05, 4.69) is 9.97 Å². The normalized spacial score (nSPS) is 16.3. The minimum atomic E-state index is -0.893. The van der Waals surface area contributed by atoms with Crippen molar-refractivity contribution in [3.05, 3.63) is 58.4 Å². The number of H-pyrrole nitrogens is 1. The molecule has 3 heterocycles. The maximum Gasteiger partial charge on any atom is 0.261 e. The number of aromatic nitrogens is 3. The van der Waals surface area contributed by atoms with E-state index in [1.165, 1.54) is 4.57 Å². The Labute approximate surface area is 135 Å². The standard InChI is InChI=1S/C18H13N3O3/c22-12-7-3-6-11-14(12)15-13(23)8-21-17(16(15)19-11)20-10-5-2-1-4-9(10)18(21)24/h1-7,13,19,22-23H,8H2/t13-/m1/s1. The number of phenols is 1. The molecule has 6 heteroatoms. The summed E-state index contributed by atoms with van der Waals surface area (Å²) < 4.78 is 1.49. The Kier molecular flexibility index (Phi) is 2.47. The summed E-state index contributed by atoms with van der Waals surface area (Å²) >= 11 is 0. The van der Waals surface area contributed by atoms with Crippen molar-refractivity contribution >= 4 is 21.8 Å². The van der Waals surface area contributed by atoms with Crippen LogP contribution in [0.4, 0.5) is 0 Å². The van der Waals surface area contributed by atoms with Gasteiger partial charge in [0.15, 0.2) is 5.82 Å². The lowest BCUT2D eigenvalue weighted by molar-refractivity contribution is 0.153. The van der Waals surface area contributed by atoms with Crippen LogP contribution in [-0.4, -0.2) is 24.7 Å². The second kappa shape index (κ2) is 4.46. The molecule has 1 aliphatic heterocycles. The van der Waals surface area contributed by atoms with Crippen molar-refractivity contribution in [2.75, 3.05) is 0 Å². The highest BCUT2D eigenvalue weighted by Gasteiger charge is 2.30. The second-order valence-electron chi connectivity index (χ2n) is 6.00. The van der Waals surface area contributed by atoms with E-state index in [9.17, 15) is 15.0 Å². The van der Waals surface area contributed by atoms with Crippen molar-refractivity contribution in [1.82, 2.24) is 14.5 Å². The molecule has 24 heavy (non-hydrogen) atoms. The van der Waals surface area contributed by atoms with Crippen LogP contribution in [0.2, 0.25) is 0 Å². The van der Waals surface area contributed by atoms with Gasteiger partial charge in [0.05, 0.1) is 34.8 Å². The molecule has 118 valence electrons. The molecule has 4 aromatic rings. The van der Waals surface area contributed by atoms with Crippen molar-refractivity contribution < 1.29 is 10.2 Å². The van der Waals surface area contributed by atoms with Gasteiger partial charge in [-0.15, -0.1) is 0 Å². The molecule has 0 saturated carbocycles. The van der Waals surface area contributed by atoms with Crippen molar-refractivity contribution in [1.29, 1.82) is 0 Å². The Balaban J connectivity index is 1.95. The average molecular weight is 319 g/mol. The zero-order valence-electron chi connectivity index (χ0n) is 12.5. The van der Waals surface area contributed by atoms with Gasteiger partial charge >= 0.3 is 0 Å². The third kappa shape index (κ3) is 1.58. The number of hydrogen-bond acceptors (Lipinski definition) is 4. The number of aromatic amines is 1. The van der Waals surface area contributed by atoms with Crippen molar-refractivity contribution in [2.45, 2.75) is 12.6 Å². The number of hydrogen-bond donors (Lipinski definition) is 3. The van der Waals surface area contributed by atoms with Gasteiger partial charge in [-0.1, -0.05) is 18.2 Å². The molecule has 6 nitrogen and oxygen atoms in total. The predicted octanol–water partition coefficient (Wildman–Crippen LogP) is 2.30. The highest BCUT2D eigenvalue weighted by molar-refractivity contribution is 5.95. The van der Waals surface area contributed by atoms with Gasteiger partial charge in [-0.05, 0) is 24.3 Å². The molecule has 0 radical (unpaired) electrons. The molecule has 0 saturated heterocycles. The molecule has 0 aliphatic carbocycles. The van der Waals surface area contributed by atoms with E-state index in [1.807, 2.05) is 12.1 Å². The van der Waals surface area contributed by atoms with Gasteiger partial charge in [0.2, 0.25) is 0 Å². The molecular weight excluding hydrogens is 306 g/mol. The molecular formula is C18H13N3O3. The molecule has 3 N–H and O–H groups in total. The van der Waals surface area contributed by atoms with E-state index in [4.69, 9.17) is 0 Å². The number of aromatic hydroxyl groups is 1. The fourth-order valence-electron chi connectivity index (χ4n) is 3.56. The maximum absolute atomic E-state index is 12.8. The highest BCUT2D eigenvalue weighted by atomic mass is 16.3. The molecule has 0 amide bonds. The first kappa shape index (κ1) is 13.3. The van der Waals surface area contributed by atoms with Crippen LogP contribution in [0.25, 0.3) is 33.3 Å². The number of phenolic OH excluding ortho intramolecular Hbond substituents is 1. The smallest absolute Gasteiger partial charge is 0.261 e. The van der Waals surface area contributed by atoms with Crippen molar-refractivity contribution in [3.8, 4) is 17.3 Å². The molecule has 2 aromatic carbocycles. The topological polar surface area (TPSA) is 91.1 Å². The summed E-state index contributed by atoms with van der Waals surface area (Å²) in [5, 5.41) is 21.9. The van der Waals surface area contributed by atoms with Crippen LogP contribution < -0.4 is 5.56 Å². The lowest BCUT2D eigenvalue weighted by Gasteiger charge is -2.23. The number of aliphatic hydroxyl groups excluding tert-OH is 1. The Hall–Kier alpha value is -3.12. The Bertz CT molecular complexity index is 1190. The first-order valence-electron chi connectivity index (χ1n) is 7.66. The van der Waals surface area contributed by atoms with Crippen LogP contribution in [0.15, 0.2) is 47.3 Å². The van der Waals surface area contributed by atoms with Crippen molar-refractivity contribution in [3.63, 3.8) is 0 Å². The summed E-state index contributed by atoms with van der Waals surface area (Å²) in [5.74, 6) is 0.579. The summed E-state index contributed by atoms with van der Waals surface area (Å²) in [6.45, 7) is 0.111. The molecule has 2 aromatic heterocycles. The van der Waals surface area contributed by atoms with Crippen LogP contribution in [0.3, 0.4) is 0 Å². The number of rotatable bonds is 0. The van der Waals surface area contributed by atoms with E-state index in [-0.39, 0.29) is 17.9 Å². The summed E-state index contributed by atoms with van der Waals surface area (Å²) in [6.07, 6.45) is -0.893. The third-order valence-electron chi connectivity index (χ3n) is 4.61. The van der Waals surface area contributed by atoms with Crippen LogP contribution in [0.1, 0.15) is 11.7 Å². The van der Waals surface area contributed by atoms with E-state index < -0.39 is 6.10 Å². The number of fused-ring (bicyclic) bond motifs is 6. The molecule has 0 spiro atoms. The number of benzene rings is 2. The minimum absolute atomic E-state index is 0.0978. The van der Waals surface area contributed by atoms with Gasteiger partial charge in [-0.2, -0.15) is 0 Å². The van der Waals surface area contributed by atoms with E-state index in [0.717, 1.165) is 0 Å². The number of nitrogens with zero attached hydrogens (tertiary/aromatic N) is 2. The quantitative estimate of drug-likeness (QED) is 0.464. The molecule has 0 bridgehead atoms. The largest absolute Gasteiger partial charge is 0.507 e. The van der Waals surface area contributed by atoms with Crippen LogP contribution in [0.5, 0.6) is 5.75 Å². The van der Waals surface area contributed by atoms with Gasteiger partial charge in [-0.25, -0.2) is 4.98 Å². The van der Waals surface area contributed by atoms with Crippen LogP contribution >= 0.6 is 0 Å². The van der Waals surface area contributed by atoms with Gasteiger partial charge in [-0.3, -0.25) is 9.36 Å². The lowest BCUT2D eigenvalue weighted by atomic mass is 10.0. The molecule has 0 unspecified atom stereocenters. The van der Waals surface area contributed by atoms with Gasteiger partial charge in [0.1, 0.15) is 5.75 Å². The third-order valence-corrected chi connectivity index (χ3v) is 4.61. The van der Waals surface area contributed by atoms with E-state index >= 15 is 0 Å². The number of nitrogens with one attached hydrogen (secondary N) is 1. The monoisotopic (exact) mass is 319 g/mol. The number of aliphatic hydroxyl groups is 1. The fraction of sp³-hybridized carbons (Fsp3) is 0.111. The second-order valence-corrected chi connectivity index (χ2v) is 6.00. The van der Waals surface area contributed by atoms with Gasteiger partial charge in [0.25, 0.3) is 5.56 Å². The van der Waals surface area contributed by atoms with Crippen molar-refractivity contribution in [2.24, 2.45) is 0 Å². The molecule has 5 rings (SSSR count). The van der Waals surface area contributed by atoms with Gasteiger partial charge in [0, 0.05) is 10.9 Å². The highest BCUT2D eigenvalue weighted by Crippen LogP contribution is 2.41. The summed E-state index contributed by atoms with van der Waals surface area (Å²) in [6, 6.07) is 12.3. The molecule has 1 atom stereocenters. The average Bonchev–Trinajstić information content (AvgIpc) is 2.98. The Morgan fingerprint density at radius 1 is 1.17 bits per heavy atom. The summed E-state index contributed by atoms with van der Waals surface area (Å²) in [7, 11) is 0. The molecule has 0 fully saturated rings. The zero-order valence-corrected chi connectivity index (χ0v) is 12.5. The maximum atomic E-state index is 12.8. The SMILES string of the molecule is O=c1c2ccccc2nc2n1C[C@@H](O)c1c-2[nH]c2cccc(O)c12. The fourth-order valence-corrected chi connectivity index (χ4v) is 3.56. The first-order valence-corrected chi connectivity index (χ1v) is 7.66. The zero-order chi connectivity index (χ0) is 16.4. The van der Waals surface area contributed by atoms with Crippen LogP contribution in [0, 0.1) is 0 Å². The Morgan fingerprint density at radius 2 is 2.00 bits per heavy atom. The number of para-hydroxylation sites is 1. The summed E-state index contributed by atoms with van der Waals surface area (Å²) in [5.41, 5.74) is 2.30. The minimum Gasteiger partial charge on any atom is -0.507 e. The Morgan fingerprint density at radius 3 is 2.88 bits per heavy atom. The van der Waals surface area contributed by atoms with Gasteiger partial charge < -0.3 is 15.2 Å². The first-order chi connectivity index (χ1) is 11.6. The van der Waals surface area contributed by atoms with Crippen LogP contribution in [-0.2, 0) is 6.54 Å². The molecule has 1 aliphatic rings. The predicted molar refractivity (Wildman–Crippen MR) is 89.9 cm³/mol. The lowest BCUT2D eigenvalue weighted by Crippen LogP contribution is -2.29. The van der Waals surface area contributed by atoms with E-state index in [1.54, 1.807) is 30.3 Å².